The standard InChI is InChI=1S/C27H22BrClN2O3/c1-33-25-13-21(23(28)15-26(25)34-17-20-8-3-5-12-24(20)29)16-30-31-27(32)14-19-10-6-9-18-7-2-4-11-22(18)19/h2-13,15-16H,14,17H2,1H3,(H,31,32)/b30-16+. The second-order valence-electron chi connectivity index (χ2n) is 7.51. The molecule has 0 spiro atoms. The molecule has 0 heterocycles. The Labute approximate surface area is 211 Å². The maximum Gasteiger partial charge on any atom is 0.244 e. The van der Waals surface area contributed by atoms with E-state index in [4.69, 9.17) is 21.1 Å². The Hall–Kier alpha value is -3.35. The number of hydrazone groups is 1. The molecule has 4 aromatic carbocycles. The van der Waals surface area contributed by atoms with Crippen molar-refractivity contribution in [3.63, 3.8) is 0 Å². The first-order valence-corrected chi connectivity index (χ1v) is 11.7. The molecule has 5 nitrogen and oxygen atoms in total. The summed E-state index contributed by atoms with van der Waals surface area (Å²) < 4.78 is 12.1. The molecule has 0 saturated carbocycles. The van der Waals surface area contributed by atoms with Crippen molar-refractivity contribution >= 4 is 50.4 Å². The van der Waals surface area contributed by atoms with Crippen LogP contribution in [0.5, 0.6) is 11.5 Å². The molecule has 172 valence electrons. The van der Waals surface area contributed by atoms with E-state index in [2.05, 4.69) is 26.5 Å². The smallest absolute Gasteiger partial charge is 0.244 e. The molecule has 1 amide bonds. The van der Waals surface area contributed by atoms with E-state index >= 15 is 0 Å². The fraction of sp³-hybridized carbons (Fsp3) is 0.111. The first-order valence-electron chi connectivity index (χ1n) is 10.6. The first-order chi connectivity index (χ1) is 16.5. The predicted octanol–water partition coefficient (Wildman–Crippen LogP) is 6.54. The van der Waals surface area contributed by atoms with Crippen LogP contribution in [-0.4, -0.2) is 19.2 Å². The second kappa shape index (κ2) is 11.2. The molecule has 0 aromatic heterocycles. The van der Waals surface area contributed by atoms with E-state index in [9.17, 15) is 4.79 Å². The average Bonchev–Trinajstić information content (AvgIpc) is 2.85. The fourth-order valence-corrected chi connectivity index (χ4v) is 4.14. The third-order valence-corrected chi connectivity index (χ3v) is 6.30. The first kappa shape index (κ1) is 23.8. The predicted molar refractivity (Wildman–Crippen MR) is 140 cm³/mol. The van der Waals surface area contributed by atoms with Gasteiger partial charge in [0.15, 0.2) is 11.5 Å². The molecular weight excluding hydrogens is 516 g/mol. The maximum atomic E-state index is 12.5. The van der Waals surface area contributed by atoms with Crippen LogP contribution in [0.3, 0.4) is 0 Å². The number of halogens is 2. The molecular formula is C27H22BrClN2O3. The Bertz CT molecular complexity index is 1350. The zero-order chi connectivity index (χ0) is 23.9. The van der Waals surface area contributed by atoms with Gasteiger partial charge in [0.1, 0.15) is 6.61 Å². The lowest BCUT2D eigenvalue weighted by Gasteiger charge is -2.13. The van der Waals surface area contributed by atoms with Crippen molar-refractivity contribution < 1.29 is 14.3 Å². The van der Waals surface area contributed by atoms with Crippen LogP contribution < -0.4 is 14.9 Å². The van der Waals surface area contributed by atoms with E-state index in [0.717, 1.165) is 31.9 Å². The van der Waals surface area contributed by atoms with E-state index in [0.29, 0.717) is 23.1 Å². The molecule has 0 atom stereocenters. The topological polar surface area (TPSA) is 59.9 Å². The normalized spacial score (nSPS) is 11.0. The van der Waals surface area contributed by atoms with Crippen LogP contribution in [0.2, 0.25) is 5.02 Å². The molecule has 0 bridgehead atoms. The van der Waals surface area contributed by atoms with E-state index < -0.39 is 0 Å². The van der Waals surface area contributed by atoms with Gasteiger partial charge >= 0.3 is 0 Å². The Morgan fingerprint density at radius 1 is 1.00 bits per heavy atom. The molecule has 0 aliphatic heterocycles. The lowest BCUT2D eigenvalue weighted by Crippen LogP contribution is -2.20. The summed E-state index contributed by atoms with van der Waals surface area (Å²) in [5.41, 5.74) is 5.16. The van der Waals surface area contributed by atoms with Crippen molar-refractivity contribution in [2.24, 2.45) is 5.10 Å². The summed E-state index contributed by atoms with van der Waals surface area (Å²) in [5, 5.41) is 6.92. The largest absolute Gasteiger partial charge is 0.493 e. The van der Waals surface area contributed by atoms with Crippen molar-refractivity contribution in [2.75, 3.05) is 7.11 Å². The van der Waals surface area contributed by atoms with Gasteiger partial charge < -0.3 is 9.47 Å². The van der Waals surface area contributed by atoms with E-state index in [1.807, 2.05) is 66.7 Å². The summed E-state index contributed by atoms with van der Waals surface area (Å²) in [4.78, 5) is 12.5. The lowest BCUT2D eigenvalue weighted by atomic mass is 10.0. The number of benzene rings is 4. The number of carbonyl (C=O) groups is 1. The molecule has 34 heavy (non-hydrogen) atoms. The third kappa shape index (κ3) is 5.76. The Morgan fingerprint density at radius 2 is 1.74 bits per heavy atom. The monoisotopic (exact) mass is 536 g/mol. The highest BCUT2D eigenvalue weighted by molar-refractivity contribution is 9.10. The molecule has 4 rings (SSSR count). The number of methoxy groups -OCH3 is 1. The van der Waals surface area contributed by atoms with Crippen molar-refractivity contribution in [3.05, 3.63) is 105 Å². The molecule has 0 aliphatic carbocycles. The Balaban J connectivity index is 1.42. The number of rotatable bonds is 8. The van der Waals surface area contributed by atoms with Crippen molar-refractivity contribution in [2.45, 2.75) is 13.0 Å². The molecule has 0 fully saturated rings. The van der Waals surface area contributed by atoms with Crippen LogP contribution >= 0.6 is 27.5 Å². The molecule has 0 saturated heterocycles. The molecule has 0 unspecified atom stereocenters. The minimum absolute atomic E-state index is 0.199. The highest BCUT2D eigenvalue weighted by atomic mass is 79.9. The number of carbonyl (C=O) groups excluding carboxylic acids is 1. The molecule has 0 radical (unpaired) electrons. The highest BCUT2D eigenvalue weighted by Crippen LogP contribution is 2.34. The van der Waals surface area contributed by atoms with Crippen LogP contribution in [0.15, 0.2) is 88.4 Å². The molecule has 4 aromatic rings. The van der Waals surface area contributed by atoms with Crippen LogP contribution in [0, 0.1) is 0 Å². The van der Waals surface area contributed by atoms with Gasteiger partial charge in [0.25, 0.3) is 0 Å². The lowest BCUT2D eigenvalue weighted by molar-refractivity contribution is -0.120. The third-order valence-electron chi connectivity index (χ3n) is 5.25. The van der Waals surface area contributed by atoms with Gasteiger partial charge in [-0.25, -0.2) is 5.43 Å². The van der Waals surface area contributed by atoms with E-state index in [1.54, 1.807) is 25.5 Å². The zero-order valence-corrected chi connectivity index (χ0v) is 20.8. The fourth-order valence-electron chi connectivity index (χ4n) is 3.53. The summed E-state index contributed by atoms with van der Waals surface area (Å²) in [6.45, 7) is 0.306. The number of amides is 1. The van der Waals surface area contributed by atoms with Gasteiger partial charge in [-0.15, -0.1) is 0 Å². The van der Waals surface area contributed by atoms with E-state index in [-0.39, 0.29) is 12.3 Å². The highest BCUT2D eigenvalue weighted by Gasteiger charge is 2.11. The van der Waals surface area contributed by atoms with Gasteiger partial charge in [0, 0.05) is 20.6 Å². The summed E-state index contributed by atoms with van der Waals surface area (Å²) >= 11 is 9.74. The molecule has 1 N–H and O–H groups in total. The quantitative estimate of drug-likeness (QED) is 0.205. The van der Waals surface area contributed by atoms with Gasteiger partial charge in [0.05, 0.1) is 19.7 Å². The van der Waals surface area contributed by atoms with E-state index in [1.165, 1.54) is 0 Å². The maximum absolute atomic E-state index is 12.5. The average molecular weight is 538 g/mol. The summed E-state index contributed by atoms with van der Waals surface area (Å²) in [5.74, 6) is 0.903. The SMILES string of the molecule is COc1cc(/C=N/NC(=O)Cc2cccc3ccccc23)c(Br)cc1OCc1ccccc1Cl. The zero-order valence-electron chi connectivity index (χ0n) is 18.4. The summed E-state index contributed by atoms with van der Waals surface area (Å²) in [7, 11) is 1.57. The van der Waals surface area contributed by atoms with Gasteiger partial charge in [-0.05, 0) is 50.5 Å². The number of hydrogen-bond donors (Lipinski definition) is 1. The number of nitrogens with one attached hydrogen (secondary N) is 1. The Kier molecular flexibility index (Phi) is 7.83. The van der Waals surface area contributed by atoms with Gasteiger partial charge in [-0.1, -0.05) is 72.3 Å². The van der Waals surface area contributed by atoms with Gasteiger partial charge in [0.2, 0.25) is 5.91 Å². The van der Waals surface area contributed by atoms with Crippen LogP contribution in [0.1, 0.15) is 16.7 Å². The number of ether oxygens (including phenoxy) is 2. The Morgan fingerprint density at radius 3 is 2.56 bits per heavy atom. The summed E-state index contributed by atoms with van der Waals surface area (Å²) in [6.07, 6.45) is 1.80. The van der Waals surface area contributed by atoms with Crippen LogP contribution in [0.4, 0.5) is 0 Å². The number of nitrogens with zero attached hydrogens (tertiary/aromatic N) is 1. The minimum atomic E-state index is -0.199. The van der Waals surface area contributed by atoms with Crippen molar-refractivity contribution in [1.82, 2.24) is 5.43 Å². The minimum Gasteiger partial charge on any atom is -0.493 e. The van der Waals surface area contributed by atoms with Gasteiger partial charge in [-0.2, -0.15) is 5.10 Å². The van der Waals surface area contributed by atoms with Crippen LogP contribution in [0.25, 0.3) is 10.8 Å². The number of hydrogen-bond acceptors (Lipinski definition) is 4. The van der Waals surface area contributed by atoms with Gasteiger partial charge in [-0.3, -0.25) is 4.79 Å². The van der Waals surface area contributed by atoms with Crippen LogP contribution in [-0.2, 0) is 17.8 Å². The molecule has 7 heteroatoms. The van der Waals surface area contributed by atoms with Crippen molar-refractivity contribution in [3.8, 4) is 11.5 Å². The number of fused-ring (bicyclic) bond motifs is 1. The molecule has 0 aliphatic rings. The second-order valence-corrected chi connectivity index (χ2v) is 8.77. The summed E-state index contributed by atoms with van der Waals surface area (Å²) in [6, 6.07) is 25.0. The van der Waals surface area contributed by atoms with Crippen molar-refractivity contribution in [1.29, 1.82) is 0 Å².